The topological polar surface area (TPSA) is 12.0 Å². The molecular formula is C17H20BrN. The molecule has 0 bridgehead atoms. The van der Waals surface area contributed by atoms with E-state index in [1.807, 2.05) is 0 Å². The molecule has 0 saturated heterocycles. The van der Waals surface area contributed by atoms with E-state index in [-0.39, 0.29) is 0 Å². The van der Waals surface area contributed by atoms with Gasteiger partial charge in [0.2, 0.25) is 0 Å². The van der Waals surface area contributed by atoms with E-state index in [4.69, 9.17) is 0 Å². The fraction of sp³-hybridized carbons (Fsp3) is 0.294. The van der Waals surface area contributed by atoms with Gasteiger partial charge in [0.15, 0.2) is 0 Å². The van der Waals surface area contributed by atoms with Gasteiger partial charge in [0.1, 0.15) is 0 Å². The van der Waals surface area contributed by atoms with Crippen LogP contribution in [0.5, 0.6) is 0 Å². The Morgan fingerprint density at radius 3 is 2.58 bits per heavy atom. The first-order valence-corrected chi connectivity index (χ1v) is 7.57. The standard InChI is InChI=1S/C17H20BrN/c1-3-6-14-7-4-5-8-17(14)19-12-15-10-9-13(2)11-16(15)18/h4-5,7-11,19H,3,6,12H2,1-2H3. The average molecular weight is 318 g/mol. The van der Waals surface area contributed by atoms with Crippen LogP contribution in [-0.4, -0.2) is 0 Å². The summed E-state index contributed by atoms with van der Waals surface area (Å²) in [7, 11) is 0. The third-order valence-corrected chi connectivity index (χ3v) is 3.95. The lowest BCUT2D eigenvalue weighted by Gasteiger charge is -2.12. The van der Waals surface area contributed by atoms with Gasteiger partial charge in [-0.1, -0.05) is 59.6 Å². The summed E-state index contributed by atoms with van der Waals surface area (Å²) in [4.78, 5) is 0. The molecule has 0 radical (unpaired) electrons. The van der Waals surface area contributed by atoms with Crippen LogP contribution in [0.15, 0.2) is 46.9 Å². The Morgan fingerprint density at radius 2 is 1.84 bits per heavy atom. The Kier molecular flexibility index (Phi) is 5.03. The molecule has 0 amide bonds. The molecule has 2 aromatic rings. The summed E-state index contributed by atoms with van der Waals surface area (Å²) in [5.41, 5.74) is 5.21. The van der Waals surface area contributed by atoms with E-state index in [1.165, 1.54) is 33.3 Å². The van der Waals surface area contributed by atoms with Crippen LogP contribution in [0.3, 0.4) is 0 Å². The van der Waals surface area contributed by atoms with Crippen LogP contribution in [0.25, 0.3) is 0 Å². The summed E-state index contributed by atoms with van der Waals surface area (Å²) in [6.07, 6.45) is 2.30. The highest BCUT2D eigenvalue weighted by Crippen LogP contribution is 2.22. The van der Waals surface area contributed by atoms with Crippen molar-refractivity contribution in [1.82, 2.24) is 0 Å². The van der Waals surface area contributed by atoms with Crippen LogP contribution in [0.4, 0.5) is 5.69 Å². The van der Waals surface area contributed by atoms with Crippen molar-refractivity contribution in [2.24, 2.45) is 0 Å². The predicted molar refractivity (Wildman–Crippen MR) is 86.6 cm³/mol. The van der Waals surface area contributed by atoms with Crippen molar-refractivity contribution in [2.75, 3.05) is 5.32 Å². The zero-order chi connectivity index (χ0) is 13.7. The Morgan fingerprint density at radius 1 is 1.05 bits per heavy atom. The number of anilines is 1. The molecule has 0 aliphatic rings. The van der Waals surface area contributed by atoms with E-state index in [2.05, 4.69) is 77.6 Å². The molecule has 2 aromatic carbocycles. The molecule has 0 aliphatic carbocycles. The maximum absolute atomic E-state index is 3.63. The number of hydrogen-bond donors (Lipinski definition) is 1. The monoisotopic (exact) mass is 317 g/mol. The zero-order valence-corrected chi connectivity index (χ0v) is 13.1. The second-order valence-corrected chi connectivity index (χ2v) is 5.71. The number of rotatable bonds is 5. The molecule has 1 nitrogen and oxygen atoms in total. The number of hydrogen-bond acceptors (Lipinski definition) is 1. The van der Waals surface area contributed by atoms with Gasteiger partial charge in [0.25, 0.3) is 0 Å². The lowest BCUT2D eigenvalue weighted by atomic mass is 10.1. The lowest BCUT2D eigenvalue weighted by molar-refractivity contribution is 0.919. The lowest BCUT2D eigenvalue weighted by Crippen LogP contribution is -2.03. The van der Waals surface area contributed by atoms with Crippen molar-refractivity contribution < 1.29 is 0 Å². The summed E-state index contributed by atoms with van der Waals surface area (Å²) in [5.74, 6) is 0. The molecule has 100 valence electrons. The van der Waals surface area contributed by atoms with Crippen molar-refractivity contribution in [1.29, 1.82) is 0 Å². The van der Waals surface area contributed by atoms with Crippen LogP contribution in [-0.2, 0) is 13.0 Å². The minimum absolute atomic E-state index is 0.849. The van der Waals surface area contributed by atoms with Crippen LogP contribution >= 0.6 is 15.9 Å². The molecule has 0 spiro atoms. The van der Waals surface area contributed by atoms with Crippen molar-refractivity contribution in [2.45, 2.75) is 33.2 Å². The van der Waals surface area contributed by atoms with Crippen molar-refractivity contribution in [3.05, 3.63) is 63.6 Å². The Balaban J connectivity index is 2.10. The first kappa shape index (κ1) is 14.1. The summed E-state index contributed by atoms with van der Waals surface area (Å²) >= 11 is 3.63. The molecule has 0 fully saturated rings. The molecule has 2 heteroatoms. The molecule has 2 rings (SSSR count). The van der Waals surface area contributed by atoms with Gasteiger partial charge in [0, 0.05) is 16.7 Å². The third-order valence-electron chi connectivity index (χ3n) is 3.21. The fourth-order valence-electron chi connectivity index (χ4n) is 2.17. The van der Waals surface area contributed by atoms with Gasteiger partial charge in [-0.05, 0) is 42.2 Å². The maximum Gasteiger partial charge on any atom is 0.0412 e. The third kappa shape index (κ3) is 3.84. The molecule has 0 aromatic heterocycles. The number of nitrogens with one attached hydrogen (secondary N) is 1. The summed E-state index contributed by atoms with van der Waals surface area (Å²) < 4.78 is 1.17. The van der Waals surface area contributed by atoms with Gasteiger partial charge in [-0.15, -0.1) is 0 Å². The Labute approximate surface area is 124 Å². The van der Waals surface area contributed by atoms with E-state index >= 15 is 0 Å². The highest BCUT2D eigenvalue weighted by Gasteiger charge is 2.03. The van der Waals surface area contributed by atoms with Crippen LogP contribution in [0.2, 0.25) is 0 Å². The summed E-state index contributed by atoms with van der Waals surface area (Å²) in [6, 6.07) is 15.1. The number of aryl methyl sites for hydroxylation is 2. The minimum Gasteiger partial charge on any atom is -0.381 e. The Hall–Kier alpha value is -1.28. The number of benzene rings is 2. The normalized spacial score (nSPS) is 10.5. The van der Waals surface area contributed by atoms with E-state index in [9.17, 15) is 0 Å². The molecule has 0 atom stereocenters. The van der Waals surface area contributed by atoms with Gasteiger partial charge in [-0.3, -0.25) is 0 Å². The molecule has 0 unspecified atom stereocenters. The second kappa shape index (κ2) is 6.76. The average Bonchev–Trinajstić information content (AvgIpc) is 2.40. The minimum atomic E-state index is 0.849. The second-order valence-electron chi connectivity index (χ2n) is 4.86. The fourth-order valence-corrected chi connectivity index (χ4v) is 2.80. The first-order chi connectivity index (χ1) is 9.20. The van der Waals surface area contributed by atoms with Gasteiger partial charge in [-0.2, -0.15) is 0 Å². The van der Waals surface area contributed by atoms with Crippen molar-refractivity contribution >= 4 is 21.6 Å². The van der Waals surface area contributed by atoms with Gasteiger partial charge < -0.3 is 5.32 Å². The Bertz CT molecular complexity index is 549. The molecule has 19 heavy (non-hydrogen) atoms. The number of halogens is 1. The van der Waals surface area contributed by atoms with E-state index < -0.39 is 0 Å². The van der Waals surface area contributed by atoms with E-state index in [0.29, 0.717) is 0 Å². The molecular weight excluding hydrogens is 298 g/mol. The predicted octanol–water partition coefficient (Wildman–Crippen LogP) is 5.32. The SMILES string of the molecule is CCCc1ccccc1NCc1ccc(C)cc1Br. The summed E-state index contributed by atoms with van der Waals surface area (Å²) in [5, 5.41) is 3.54. The van der Waals surface area contributed by atoms with Gasteiger partial charge >= 0.3 is 0 Å². The zero-order valence-electron chi connectivity index (χ0n) is 11.5. The van der Waals surface area contributed by atoms with Gasteiger partial charge in [-0.25, -0.2) is 0 Å². The summed E-state index contributed by atoms with van der Waals surface area (Å²) in [6.45, 7) is 5.17. The van der Waals surface area contributed by atoms with E-state index in [0.717, 1.165) is 13.0 Å². The maximum atomic E-state index is 3.63. The van der Waals surface area contributed by atoms with Crippen LogP contribution in [0.1, 0.15) is 30.0 Å². The van der Waals surface area contributed by atoms with Crippen LogP contribution in [0, 0.1) is 6.92 Å². The van der Waals surface area contributed by atoms with Crippen LogP contribution < -0.4 is 5.32 Å². The van der Waals surface area contributed by atoms with Crippen molar-refractivity contribution in [3.8, 4) is 0 Å². The highest BCUT2D eigenvalue weighted by atomic mass is 79.9. The number of para-hydroxylation sites is 1. The largest absolute Gasteiger partial charge is 0.381 e. The molecule has 0 heterocycles. The van der Waals surface area contributed by atoms with Crippen molar-refractivity contribution in [3.63, 3.8) is 0 Å². The highest BCUT2D eigenvalue weighted by molar-refractivity contribution is 9.10. The smallest absolute Gasteiger partial charge is 0.0412 e. The first-order valence-electron chi connectivity index (χ1n) is 6.77. The molecule has 0 aliphatic heterocycles. The molecule has 0 saturated carbocycles. The quantitative estimate of drug-likeness (QED) is 0.786. The van der Waals surface area contributed by atoms with E-state index in [1.54, 1.807) is 0 Å². The molecule has 1 N–H and O–H groups in total. The van der Waals surface area contributed by atoms with Gasteiger partial charge in [0.05, 0.1) is 0 Å².